The largest absolute Gasteiger partial charge is 0.376 e. The highest BCUT2D eigenvalue weighted by molar-refractivity contribution is 5.44. The van der Waals surface area contributed by atoms with Gasteiger partial charge in [0.15, 0.2) is 11.5 Å². The second kappa shape index (κ2) is 6.83. The molecular formula is C17H25N5O. The van der Waals surface area contributed by atoms with Crippen LogP contribution in [0.15, 0.2) is 12.1 Å². The number of ether oxygens (including phenoxy) is 1. The van der Waals surface area contributed by atoms with E-state index in [1.54, 1.807) is 0 Å². The van der Waals surface area contributed by atoms with Gasteiger partial charge in [-0.25, -0.2) is 0 Å². The van der Waals surface area contributed by atoms with Crippen LogP contribution >= 0.6 is 0 Å². The maximum atomic E-state index is 6.01. The average Bonchev–Trinajstić information content (AvgIpc) is 3.37. The van der Waals surface area contributed by atoms with E-state index in [4.69, 9.17) is 4.74 Å². The molecule has 6 nitrogen and oxygen atoms in total. The van der Waals surface area contributed by atoms with Crippen molar-refractivity contribution >= 4 is 11.5 Å². The zero-order valence-corrected chi connectivity index (χ0v) is 13.6. The normalized spacial score (nSPS) is 19.8. The molecule has 2 aromatic heterocycles. The summed E-state index contributed by atoms with van der Waals surface area (Å²) in [6.07, 6.45) is 10.7. The molecule has 2 aliphatic carbocycles. The molecule has 2 heterocycles. The molecular weight excluding hydrogens is 290 g/mol. The van der Waals surface area contributed by atoms with Crippen LogP contribution in [0.3, 0.4) is 0 Å². The van der Waals surface area contributed by atoms with Gasteiger partial charge in [0.2, 0.25) is 0 Å². The van der Waals surface area contributed by atoms with E-state index < -0.39 is 0 Å². The molecule has 0 atom stereocenters. The molecule has 4 rings (SSSR count). The van der Waals surface area contributed by atoms with E-state index in [1.807, 2.05) is 16.6 Å². The highest BCUT2D eigenvalue weighted by Crippen LogP contribution is 2.38. The molecule has 0 unspecified atom stereocenters. The maximum absolute atomic E-state index is 6.01. The SMILES string of the molecule is c1cc2nnc(C3CC3)n2nc1NCCOC1CCCCCC1. The van der Waals surface area contributed by atoms with Gasteiger partial charge in [-0.2, -0.15) is 4.52 Å². The summed E-state index contributed by atoms with van der Waals surface area (Å²) >= 11 is 0. The van der Waals surface area contributed by atoms with Crippen LogP contribution in [0.2, 0.25) is 0 Å². The second-order valence-electron chi connectivity index (χ2n) is 6.73. The second-order valence-corrected chi connectivity index (χ2v) is 6.73. The predicted octanol–water partition coefficient (Wildman–Crippen LogP) is 3.15. The van der Waals surface area contributed by atoms with Gasteiger partial charge in [-0.05, 0) is 37.8 Å². The molecule has 2 saturated carbocycles. The van der Waals surface area contributed by atoms with Crippen LogP contribution in [0.4, 0.5) is 5.82 Å². The lowest BCUT2D eigenvalue weighted by Gasteiger charge is -2.15. The van der Waals surface area contributed by atoms with E-state index in [0.29, 0.717) is 12.0 Å². The van der Waals surface area contributed by atoms with Gasteiger partial charge >= 0.3 is 0 Å². The first kappa shape index (κ1) is 14.9. The fraction of sp³-hybridized carbons (Fsp3) is 0.706. The first-order valence-electron chi connectivity index (χ1n) is 8.98. The summed E-state index contributed by atoms with van der Waals surface area (Å²) in [7, 11) is 0. The van der Waals surface area contributed by atoms with Crippen LogP contribution in [0.25, 0.3) is 5.65 Å². The molecule has 0 radical (unpaired) electrons. The van der Waals surface area contributed by atoms with Gasteiger partial charge in [0.05, 0.1) is 12.7 Å². The fourth-order valence-electron chi connectivity index (χ4n) is 3.31. The number of aromatic nitrogens is 4. The van der Waals surface area contributed by atoms with Crippen molar-refractivity contribution in [2.75, 3.05) is 18.5 Å². The number of hydrogen-bond donors (Lipinski definition) is 1. The number of rotatable bonds is 6. The molecule has 2 aromatic rings. The van der Waals surface area contributed by atoms with E-state index in [1.165, 1.54) is 51.4 Å². The van der Waals surface area contributed by atoms with Crippen LogP contribution < -0.4 is 5.32 Å². The molecule has 0 amide bonds. The zero-order valence-electron chi connectivity index (χ0n) is 13.6. The molecule has 0 bridgehead atoms. The van der Waals surface area contributed by atoms with Gasteiger partial charge in [0.1, 0.15) is 5.82 Å². The third-order valence-electron chi connectivity index (χ3n) is 4.79. The molecule has 0 aromatic carbocycles. The summed E-state index contributed by atoms with van der Waals surface area (Å²) in [5.41, 5.74) is 0.826. The molecule has 23 heavy (non-hydrogen) atoms. The van der Waals surface area contributed by atoms with E-state index in [-0.39, 0.29) is 0 Å². The highest BCUT2D eigenvalue weighted by atomic mass is 16.5. The highest BCUT2D eigenvalue weighted by Gasteiger charge is 2.29. The Morgan fingerprint density at radius 1 is 1.04 bits per heavy atom. The number of anilines is 1. The minimum absolute atomic E-state index is 0.453. The Balaban J connectivity index is 1.30. The standard InChI is InChI=1S/C17H25N5O/c1-2-4-6-14(5-3-1)23-12-11-18-15-9-10-16-19-20-17(13-7-8-13)22(16)21-15/h9-10,13-14H,1-8,11-12H2,(H,18,21). The van der Waals surface area contributed by atoms with Crippen LogP contribution in [-0.4, -0.2) is 39.1 Å². The van der Waals surface area contributed by atoms with E-state index in [0.717, 1.165) is 30.4 Å². The Morgan fingerprint density at radius 3 is 2.65 bits per heavy atom. The Hall–Kier alpha value is -1.69. The van der Waals surface area contributed by atoms with Crippen molar-refractivity contribution < 1.29 is 4.74 Å². The first-order chi connectivity index (χ1) is 11.4. The Labute approximate surface area is 136 Å². The third kappa shape index (κ3) is 3.63. The number of nitrogens with one attached hydrogen (secondary N) is 1. The first-order valence-corrected chi connectivity index (χ1v) is 8.98. The zero-order chi connectivity index (χ0) is 15.5. The quantitative estimate of drug-likeness (QED) is 0.655. The molecule has 1 N–H and O–H groups in total. The van der Waals surface area contributed by atoms with Crippen molar-refractivity contribution in [3.63, 3.8) is 0 Å². The molecule has 6 heteroatoms. The van der Waals surface area contributed by atoms with Crippen molar-refractivity contribution in [2.45, 2.75) is 63.4 Å². The summed E-state index contributed by atoms with van der Waals surface area (Å²) < 4.78 is 7.89. The van der Waals surface area contributed by atoms with Crippen molar-refractivity contribution in [3.05, 3.63) is 18.0 Å². The number of fused-ring (bicyclic) bond motifs is 1. The molecule has 2 aliphatic rings. The molecule has 0 saturated heterocycles. The molecule has 2 fully saturated rings. The van der Waals surface area contributed by atoms with Gasteiger partial charge < -0.3 is 10.1 Å². The van der Waals surface area contributed by atoms with Gasteiger partial charge in [-0.1, -0.05) is 25.7 Å². The average molecular weight is 315 g/mol. The lowest BCUT2D eigenvalue weighted by molar-refractivity contribution is 0.0501. The summed E-state index contributed by atoms with van der Waals surface area (Å²) in [5.74, 6) is 2.41. The van der Waals surface area contributed by atoms with Crippen molar-refractivity contribution in [1.29, 1.82) is 0 Å². The summed E-state index contributed by atoms with van der Waals surface area (Å²) in [4.78, 5) is 0. The van der Waals surface area contributed by atoms with Crippen molar-refractivity contribution in [3.8, 4) is 0 Å². The van der Waals surface area contributed by atoms with Gasteiger partial charge in [0.25, 0.3) is 0 Å². The van der Waals surface area contributed by atoms with Crippen LogP contribution in [0.1, 0.15) is 63.1 Å². The minimum atomic E-state index is 0.453. The van der Waals surface area contributed by atoms with Crippen LogP contribution in [-0.2, 0) is 4.74 Å². The molecule has 124 valence electrons. The van der Waals surface area contributed by atoms with Gasteiger partial charge in [-0.15, -0.1) is 15.3 Å². The molecule has 0 spiro atoms. The van der Waals surface area contributed by atoms with Gasteiger partial charge in [0, 0.05) is 12.5 Å². The topological polar surface area (TPSA) is 64.3 Å². The summed E-state index contributed by atoms with van der Waals surface area (Å²) in [5, 5.41) is 16.4. The van der Waals surface area contributed by atoms with E-state index >= 15 is 0 Å². The Kier molecular flexibility index (Phi) is 4.41. The Morgan fingerprint density at radius 2 is 1.87 bits per heavy atom. The van der Waals surface area contributed by atoms with Crippen LogP contribution in [0.5, 0.6) is 0 Å². The summed E-state index contributed by atoms with van der Waals surface area (Å²) in [6, 6.07) is 3.94. The summed E-state index contributed by atoms with van der Waals surface area (Å²) in [6.45, 7) is 1.53. The fourth-order valence-corrected chi connectivity index (χ4v) is 3.31. The smallest absolute Gasteiger partial charge is 0.178 e. The van der Waals surface area contributed by atoms with Crippen molar-refractivity contribution in [1.82, 2.24) is 19.8 Å². The van der Waals surface area contributed by atoms with Crippen molar-refractivity contribution in [2.24, 2.45) is 0 Å². The van der Waals surface area contributed by atoms with E-state index in [9.17, 15) is 0 Å². The lowest BCUT2D eigenvalue weighted by atomic mass is 10.1. The van der Waals surface area contributed by atoms with Gasteiger partial charge in [-0.3, -0.25) is 0 Å². The number of hydrogen-bond acceptors (Lipinski definition) is 5. The minimum Gasteiger partial charge on any atom is -0.376 e. The Bertz CT molecular complexity index is 643. The van der Waals surface area contributed by atoms with Crippen LogP contribution in [0, 0.1) is 0 Å². The third-order valence-corrected chi connectivity index (χ3v) is 4.79. The lowest BCUT2D eigenvalue weighted by Crippen LogP contribution is -2.18. The predicted molar refractivity (Wildman–Crippen MR) is 88.7 cm³/mol. The monoisotopic (exact) mass is 315 g/mol. The van der Waals surface area contributed by atoms with E-state index in [2.05, 4.69) is 20.6 Å². The number of nitrogens with zero attached hydrogens (tertiary/aromatic N) is 4. The maximum Gasteiger partial charge on any atom is 0.178 e. The molecule has 0 aliphatic heterocycles.